The molecule has 0 aliphatic heterocycles. The Morgan fingerprint density at radius 2 is 2.20 bits per heavy atom. The van der Waals surface area contributed by atoms with Gasteiger partial charge >= 0.3 is 13.8 Å². The Balaban J connectivity index is 1.95. The van der Waals surface area contributed by atoms with Gasteiger partial charge in [0, 0.05) is 5.75 Å². The molecule has 1 saturated carbocycles. The predicted molar refractivity (Wildman–Crippen MR) is 79.5 cm³/mol. The van der Waals surface area contributed by atoms with Crippen molar-refractivity contribution in [1.82, 2.24) is 0 Å². The van der Waals surface area contributed by atoms with Crippen molar-refractivity contribution in [2.75, 3.05) is 5.75 Å². The van der Waals surface area contributed by atoms with E-state index in [1.165, 1.54) is 18.9 Å². The van der Waals surface area contributed by atoms with Crippen LogP contribution >= 0.6 is 35.3 Å². The van der Waals surface area contributed by atoms with Crippen molar-refractivity contribution in [2.45, 2.75) is 24.8 Å². The maximum Gasteiger partial charge on any atom is 0.442 e. The van der Waals surface area contributed by atoms with Gasteiger partial charge in [-0.3, -0.25) is 0 Å². The lowest BCUT2D eigenvalue weighted by Crippen LogP contribution is -2.01. The van der Waals surface area contributed by atoms with Gasteiger partial charge in [0.1, 0.15) is 5.75 Å². The minimum absolute atomic E-state index is 0.0490. The Morgan fingerprint density at radius 1 is 1.50 bits per heavy atom. The molecule has 1 unspecified atom stereocenters. The fourth-order valence-electron chi connectivity index (χ4n) is 1.52. The van der Waals surface area contributed by atoms with E-state index in [9.17, 15) is 13.3 Å². The molecule has 8 heteroatoms. The van der Waals surface area contributed by atoms with Crippen LogP contribution in [0.25, 0.3) is 0 Å². The molecule has 0 saturated heterocycles. The Kier molecular flexibility index (Phi) is 5.51. The molecule has 0 bridgehead atoms. The van der Waals surface area contributed by atoms with Crippen LogP contribution in [0.15, 0.2) is 22.7 Å². The van der Waals surface area contributed by atoms with Gasteiger partial charge in [-0.05, 0) is 58.1 Å². The average Bonchev–Trinajstić information content (AvgIpc) is 3.16. The summed E-state index contributed by atoms with van der Waals surface area (Å²) in [5.74, 6) is 2.75. The molecule has 0 amide bonds. The maximum absolute atomic E-state index is 12.3. The summed E-state index contributed by atoms with van der Waals surface area (Å²) in [7, 11) is -4.92. The third-order valence-electron chi connectivity index (χ3n) is 2.79. The van der Waals surface area contributed by atoms with Gasteiger partial charge in [0.05, 0.1) is 4.47 Å². The first-order chi connectivity index (χ1) is 9.38. The monoisotopic (exact) mass is 386 g/mol. The molecule has 3 nitrogen and oxygen atoms in total. The number of benzene rings is 1. The zero-order valence-electron chi connectivity index (χ0n) is 10.5. The summed E-state index contributed by atoms with van der Waals surface area (Å²) in [6.45, 7) is 0. The zero-order chi connectivity index (χ0) is 14.8. The quantitative estimate of drug-likeness (QED) is 0.678. The minimum atomic E-state index is -4.92. The number of thioether (sulfide) groups is 1. The average molecular weight is 387 g/mol. The van der Waals surface area contributed by atoms with E-state index in [2.05, 4.69) is 20.5 Å². The minimum Gasteiger partial charge on any atom is -0.420 e. The van der Waals surface area contributed by atoms with E-state index in [0.717, 1.165) is 23.0 Å². The molecule has 0 aromatic heterocycles. The number of hydrogen-bond donors (Lipinski definition) is 1. The fourth-order valence-corrected chi connectivity index (χ4v) is 3.87. The first-order valence-electron chi connectivity index (χ1n) is 6.05. The first-order valence-corrected chi connectivity index (χ1v) is 9.64. The molecule has 1 N–H and O–H groups in total. The number of rotatable bonds is 7. The molecule has 1 aromatic rings. The van der Waals surface area contributed by atoms with Crippen molar-refractivity contribution in [3.05, 3.63) is 28.2 Å². The third kappa shape index (κ3) is 4.72. The Hall–Kier alpha value is -0.100. The summed E-state index contributed by atoms with van der Waals surface area (Å²) in [5, 5.41) is 0. The summed E-state index contributed by atoms with van der Waals surface area (Å²) >= 11 is 4.99. The van der Waals surface area contributed by atoms with E-state index >= 15 is 0 Å². The molecule has 0 spiro atoms. The Labute approximate surface area is 128 Å². The molecular weight excluding hydrogens is 373 g/mol. The molecule has 1 aliphatic rings. The van der Waals surface area contributed by atoms with E-state index in [1.54, 1.807) is 12.1 Å². The van der Waals surface area contributed by atoms with Crippen LogP contribution in [0.3, 0.4) is 0 Å². The summed E-state index contributed by atoms with van der Waals surface area (Å²) in [4.78, 5) is 9.01. The van der Waals surface area contributed by atoms with Crippen LogP contribution in [0.4, 0.5) is 8.78 Å². The topological polar surface area (TPSA) is 46.5 Å². The first kappa shape index (κ1) is 16.3. The van der Waals surface area contributed by atoms with Gasteiger partial charge in [0.25, 0.3) is 0 Å². The van der Waals surface area contributed by atoms with Crippen LogP contribution in [0.5, 0.6) is 5.75 Å². The van der Waals surface area contributed by atoms with Crippen molar-refractivity contribution in [3.63, 3.8) is 0 Å². The smallest absolute Gasteiger partial charge is 0.420 e. The molecule has 1 atom stereocenters. The molecular formula is C12H14BrF2O3PS. The molecule has 2 rings (SSSR count). The molecule has 0 heterocycles. The van der Waals surface area contributed by atoms with E-state index in [4.69, 9.17) is 4.89 Å². The van der Waals surface area contributed by atoms with Crippen molar-refractivity contribution in [2.24, 2.45) is 5.92 Å². The summed E-state index contributed by atoms with van der Waals surface area (Å²) in [6, 6.07) is 4.87. The van der Waals surface area contributed by atoms with Gasteiger partial charge in [-0.15, -0.1) is 0 Å². The molecule has 0 radical (unpaired) electrons. The standard InChI is InChI=1S/C12H14BrF2O3PS/c13-10-5-9(7-20-6-8-1-2-8)3-4-11(10)18-19(16,17)12(14)15/h3-5,8,12H,1-2,6-7H2,(H,16,17). The van der Waals surface area contributed by atoms with Crippen LogP contribution in [0.2, 0.25) is 0 Å². The van der Waals surface area contributed by atoms with E-state index in [-0.39, 0.29) is 5.75 Å². The lowest BCUT2D eigenvalue weighted by molar-refractivity contribution is 0.188. The van der Waals surface area contributed by atoms with Gasteiger partial charge in [-0.2, -0.15) is 20.5 Å². The highest BCUT2D eigenvalue weighted by Gasteiger charge is 2.34. The van der Waals surface area contributed by atoms with Crippen LogP contribution in [-0.2, 0) is 10.3 Å². The third-order valence-corrected chi connectivity index (χ3v) is 5.61. The van der Waals surface area contributed by atoms with Gasteiger partial charge in [0.2, 0.25) is 0 Å². The number of hydrogen-bond acceptors (Lipinski definition) is 3. The van der Waals surface area contributed by atoms with Crippen LogP contribution < -0.4 is 4.52 Å². The van der Waals surface area contributed by atoms with Gasteiger partial charge in [0.15, 0.2) is 0 Å². The summed E-state index contributed by atoms with van der Waals surface area (Å²) < 4.78 is 40.6. The molecule has 1 fully saturated rings. The largest absolute Gasteiger partial charge is 0.442 e. The van der Waals surface area contributed by atoms with Crippen molar-refractivity contribution >= 4 is 35.3 Å². The molecule has 1 aliphatic carbocycles. The zero-order valence-corrected chi connectivity index (χ0v) is 13.8. The highest BCUT2D eigenvalue weighted by molar-refractivity contribution is 9.10. The van der Waals surface area contributed by atoms with Crippen molar-refractivity contribution < 1.29 is 22.8 Å². The van der Waals surface area contributed by atoms with Gasteiger partial charge in [-0.25, -0.2) is 4.57 Å². The summed E-state index contributed by atoms with van der Waals surface area (Å²) in [6.07, 6.45) is -0.797. The van der Waals surface area contributed by atoms with Crippen molar-refractivity contribution in [1.29, 1.82) is 0 Å². The fraction of sp³-hybridized carbons (Fsp3) is 0.500. The van der Waals surface area contributed by atoms with E-state index < -0.39 is 13.8 Å². The molecule has 20 heavy (non-hydrogen) atoms. The predicted octanol–water partition coefficient (Wildman–Crippen LogP) is 4.88. The van der Waals surface area contributed by atoms with E-state index in [1.807, 2.05) is 11.8 Å². The molecule has 1 aromatic carbocycles. The lowest BCUT2D eigenvalue weighted by atomic mass is 10.2. The Bertz CT molecular complexity index is 525. The second kappa shape index (κ2) is 6.77. The SMILES string of the molecule is O=P(O)(Oc1ccc(CSCC2CC2)cc1Br)C(F)F. The van der Waals surface area contributed by atoms with Crippen molar-refractivity contribution in [3.8, 4) is 5.75 Å². The Morgan fingerprint density at radius 3 is 2.75 bits per heavy atom. The van der Waals surface area contributed by atoms with Crippen LogP contribution in [0.1, 0.15) is 18.4 Å². The van der Waals surface area contributed by atoms with Crippen LogP contribution in [-0.4, -0.2) is 16.8 Å². The second-order valence-electron chi connectivity index (χ2n) is 4.66. The van der Waals surface area contributed by atoms with E-state index in [0.29, 0.717) is 4.47 Å². The van der Waals surface area contributed by atoms with Gasteiger partial charge in [-0.1, -0.05) is 6.07 Å². The van der Waals surface area contributed by atoms with Crippen LogP contribution in [0, 0.1) is 5.92 Å². The van der Waals surface area contributed by atoms with Gasteiger partial charge < -0.3 is 9.42 Å². The second-order valence-corrected chi connectivity index (χ2v) is 8.24. The number of alkyl halides is 2. The normalized spacial score (nSPS) is 18.1. The highest BCUT2D eigenvalue weighted by Crippen LogP contribution is 2.50. The maximum atomic E-state index is 12.3. The lowest BCUT2D eigenvalue weighted by Gasteiger charge is -2.14. The molecule has 112 valence electrons. The highest BCUT2D eigenvalue weighted by atomic mass is 79.9. The number of halogens is 3. The summed E-state index contributed by atoms with van der Waals surface area (Å²) in [5.41, 5.74) is 1.01.